The Labute approximate surface area is 169 Å². The third-order valence-electron chi connectivity index (χ3n) is 4.73. The number of carbonyl (C=O) groups excluding carboxylic acids is 2. The highest BCUT2D eigenvalue weighted by Crippen LogP contribution is 2.39. The van der Waals surface area contributed by atoms with E-state index in [1.807, 2.05) is 6.92 Å². The van der Waals surface area contributed by atoms with Crippen molar-refractivity contribution in [2.75, 3.05) is 26.9 Å². The summed E-state index contributed by atoms with van der Waals surface area (Å²) in [4.78, 5) is 31.1. The number of ether oxygens (including phenoxy) is 2. The molecule has 1 fully saturated rings. The van der Waals surface area contributed by atoms with E-state index in [9.17, 15) is 14.7 Å². The van der Waals surface area contributed by atoms with E-state index in [1.165, 1.54) is 4.90 Å². The number of benzene rings is 1. The first-order valence-corrected chi connectivity index (χ1v) is 9.49. The second-order valence-electron chi connectivity index (χ2n) is 6.58. The molecule has 1 unspecified atom stereocenters. The van der Waals surface area contributed by atoms with Crippen LogP contribution in [-0.4, -0.2) is 53.5 Å². The van der Waals surface area contributed by atoms with Gasteiger partial charge in [0.1, 0.15) is 11.5 Å². The zero-order chi connectivity index (χ0) is 20.8. The number of nitrogens with zero attached hydrogens (tertiary/aromatic N) is 2. The van der Waals surface area contributed by atoms with Gasteiger partial charge in [0.05, 0.1) is 18.2 Å². The maximum Gasteiger partial charge on any atom is 0.295 e. The molecule has 152 valence electrons. The minimum Gasteiger partial charge on any atom is -0.507 e. The normalized spacial score (nSPS) is 18.3. The van der Waals surface area contributed by atoms with Crippen molar-refractivity contribution in [2.45, 2.75) is 19.4 Å². The van der Waals surface area contributed by atoms with Crippen LogP contribution in [0.15, 0.2) is 54.4 Å². The van der Waals surface area contributed by atoms with Gasteiger partial charge in [-0.3, -0.25) is 14.6 Å². The predicted octanol–water partition coefficient (Wildman–Crippen LogP) is 2.94. The topological polar surface area (TPSA) is 89.0 Å². The number of ketones is 1. The smallest absolute Gasteiger partial charge is 0.295 e. The number of aliphatic hydroxyl groups is 1. The lowest BCUT2D eigenvalue weighted by Gasteiger charge is -2.25. The summed E-state index contributed by atoms with van der Waals surface area (Å²) in [7, 11) is 1.58. The van der Waals surface area contributed by atoms with E-state index in [-0.39, 0.29) is 11.3 Å². The summed E-state index contributed by atoms with van der Waals surface area (Å²) >= 11 is 0. The van der Waals surface area contributed by atoms with Gasteiger partial charge in [0, 0.05) is 38.2 Å². The minimum absolute atomic E-state index is 0.0598. The van der Waals surface area contributed by atoms with Crippen LogP contribution in [0.2, 0.25) is 0 Å². The first kappa shape index (κ1) is 20.5. The number of pyridine rings is 1. The van der Waals surface area contributed by atoms with Gasteiger partial charge >= 0.3 is 0 Å². The fraction of sp³-hybridized carbons (Fsp3) is 0.318. The van der Waals surface area contributed by atoms with Crippen LogP contribution in [0.25, 0.3) is 5.76 Å². The zero-order valence-corrected chi connectivity index (χ0v) is 16.5. The average Bonchev–Trinajstić information content (AvgIpc) is 3.00. The Bertz CT molecular complexity index is 893. The van der Waals surface area contributed by atoms with Crippen LogP contribution in [0.4, 0.5) is 0 Å². The van der Waals surface area contributed by atoms with Crippen LogP contribution in [0.3, 0.4) is 0 Å². The number of methoxy groups -OCH3 is 1. The Kier molecular flexibility index (Phi) is 6.61. The lowest BCUT2D eigenvalue weighted by Crippen LogP contribution is -2.31. The number of likely N-dealkylation sites (tertiary alicyclic amines) is 1. The molecule has 2 aromatic rings. The number of aliphatic hydroxyl groups excluding tert-OH is 1. The van der Waals surface area contributed by atoms with Crippen LogP contribution in [0.1, 0.15) is 30.5 Å². The van der Waals surface area contributed by atoms with Crippen molar-refractivity contribution in [3.63, 3.8) is 0 Å². The summed E-state index contributed by atoms with van der Waals surface area (Å²) < 4.78 is 10.5. The molecule has 1 amide bonds. The van der Waals surface area contributed by atoms with Gasteiger partial charge in [0.2, 0.25) is 0 Å². The first-order valence-electron chi connectivity index (χ1n) is 9.49. The zero-order valence-electron chi connectivity index (χ0n) is 16.5. The number of hydrogen-bond acceptors (Lipinski definition) is 6. The van der Waals surface area contributed by atoms with Crippen molar-refractivity contribution >= 4 is 17.4 Å². The van der Waals surface area contributed by atoms with Crippen molar-refractivity contribution in [3.8, 4) is 5.75 Å². The third kappa shape index (κ3) is 4.30. The highest BCUT2D eigenvalue weighted by Gasteiger charge is 2.45. The molecule has 7 nitrogen and oxygen atoms in total. The molecule has 1 atom stereocenters. The van der Waals surface area contributed by atoms with E-state index >= 15 is 0 Å². The maximum atomic E-state index is 12.8. The molecule has 2 heterocycles. The Hall–Kier alpha value is -3.19. The van der Waals surface area contributed by atoms with E-state index in [4.69, 9.17) is 9.47 Å². The largest absolute Gasteiger partial charge is 0.507 e. The van der Waals surface area contributed by atoms with Crippen molar-refractivity contribution in [1.82, 2.24) is 9.88 Å². The molecule has 1 aliphatic rings. The van der Waals surface area contributed by atoms with Gasteiger partial charge in [0.15, 0.2) is 0 Å². The molecule has 1 saturated heterocycles. The number of carbonyl (C=O) groups is 2. The molecule has 0 bridgehead atoms. The van der Waals surface area contributed by atoms with Gasteiger partial charge in [-0.05, 0) is 49.2 Å². The molecule has 7 heteroatoms. The Morgan fingerprint density at radius 3 is 2.59 bits per heavy atom. The van der Waals surface area contributed by atoms with E-state index in [0.717, 1.165) is 0 Å². The van der Waals surface area contributed by atoms with Crippen LogP contribution >= 0.6 is 0 Å². The predicted molar refractivity (Wildman–Crippen MR) is 107 cm³/mol. The Morgan fingerprint density at radius 1 is 1.21 bits per heavy atom. The number of rotatable bonds is 8. The quantitative estimate of drug-likeness (QED) is 0.319. The van der Waals surface area contributed by atoms with Gasteiger partial charge < -0.3 is 19.5 Å². The number of hydrogen-bond donors (Lipinski definition) is 1. The summed E-state index contributed by atoms with van der Waals surface area (Å²) in [5, 5.41) is 10.9. The highest BCUT2D eigenvalue weighted by atomic mass is 16.5. The Balaban J connectivity index is 2.04. The molecule has 1 aromatic heterocycles. The van der Waals surface area contributed by atoms with Crippen LogP contribution < -0.4 is 4.74 Å². The summed E-state index contributed by atoms with van der Waals surface area (Å²) in [6.07, 6.45) is 3.79. The van der Waals surface area contributed by atoms with Crippen LogP contribution in [0.5, 0.6) is 5.75 Å². The molecule has 3 rings (SSSR count). The van der Waals surface area contributed by atoms with Gasteiger partial charge in [-0.1, -0.05) is 6.07 Å². The first-order chi connectivity index (χ1) is 14.1. The lowest BCUT2D eigenvalue weighted by molar-refractivity contribution is -0.140. The summed E-state index contributed by atoms with van der Waals surface area (Å²) in [6.45, 7) is 3.20. The number of aromatic nitrogens is 1. The summed E-state index contributed by atoms with van der Waals surface area (Å²) in [6, 6.07) is 9.59. The molecular weight excluding hydrogens is 372 g/mol. The van der Waals surface area contributed by atoms with E-state index < -0.39 is 17.7 Å². The fourth-order valence-corrected chi connectivity index (χ4v) is 3.41. The average molecular weight is 396 g/mol. The second-order valence-corrected chi connectivity index (χ2v) is 6.58. The molecule has 0 radical (unpaired) electrons. The summed E-state index contributed by atoms with van der Waals surface area (Å²) in [5.74, 6) is -0.896. The van der Waals surface area contributed by atoms with E-state index in [0.29, 0.717) is 43.1 Å². The molecule has 1 aliphatic heterocycles. The summed E-state index contributed by atoms with van der Waals surface area (Å²) in [5.41, 5.74) is 1.17. The SMILES string of the molecule is CCOc1ccc(/C(O)=C2/C(=O)C(=O)N(CCCOC)C2c2cccnc2)cc1. The van der Waals surface area contributed by atoms with Crippen LogP contribution in [0, 0.1) is 0 Å². The van der Waals surface area contributed by atoms with Gasteiger partial charge in [-0.15, -0.1) is 0 Å². The molecule has 0 spiro atoms. The highest BCUT2D eigenvalue weighted by molar-refractivity contribution is 6.46. The van der Waals surface area contributed by atoms with E-state index in [2.05, 4.69) is 4.98 Å². The lowest BCUT2D eigenvalue weighted by atomic mass is 9.96. The van der Waals surface area contributed by atoms with E-state index in [1.54, 1.807) is 55.9 Å². The van der Waals surface area contributed by atoms with Crippen molar-refractivity contribution in [2.24, 2.45) is 0 Å². The number of Topliss-reactive ketones (excluding diaryl/α,β-unsaturated/α-hetero) is 1. The second kappa shape index (κ2) is 9.34. The maximum absolute atomic E-state index is 12.8. The molecule has 1 aromatic carbocycles. The molecule has 0 aliphatic carbocycles. The standard InChI is InChI=1S/C22H24N2O5/c1-3-29-17-9-7-15(8-10-17)20(25)18-19(16-6-4-11-23-14-16)24(12-5-13-28-2)22(27)21(18)26/h4,6-11,14,19,25H,3,5,12-13H2,1-2H3/b20-18-. The fourth-order valence-electron chi connectivity index (χ4n) is 3.41. The van der Waals surface area contributed by atoms with Gasteiger partial charge in [0.25, 0.3) is 11.7 Å². The molecule has 1 N–H and O–H groups in total. The van der Waals surface area contributed by atoms with Crippen molar-refractivity contribution in [3.05, 3.63) is 65.5 Å². The van der Waals surface area contributed by atoms with Gasteiger partial charge in [-0.2, -0.15) is 0 Å². The number of amides is 1. The van der Waals surface area contributed by atoms with Crippen LogP contribution in [-0.2, 0) is 14.3 Å². The molecule has 0 saturated carbocycles. The molecule has 29 heavy (non-hydrogen) atoms. The third-order valence-corrected chi connectivity index (χ3v) is 4.73. The monoisotopic (exact) mass is 396 g/mol. The Morgan fingerprint density at radius 2 is 1.97 bits per heavy atom. The minimum atomic E-state index is -0.706. The van der Waals surface area contributed by atoms with Gasteiger partial charge in [-0.25, -0.2) is 0 Å². The molecular formula is C22H24N2O5. The van der Waals surface area contributed by atoms with Crippen molar-refractivity contribution in [1.29, 1.82) is 0 Å². The van der Waals surface area contributed by atoms with Crippen molar-refractivity contribution < 1.29 is 24.2 Å².